The summed E-state index contributed by atoms with van der Waals surface area (Å²) in [5, 5.41) is 10.8. The molecule has 3 heteroatoms. The van der Waals surface area contributed by atoms with Crippen LogP contribution in [-0.2, 0) is 5.41 Å². The summed E-state index contributed by atoms with van der Waals surface area (Å²) in [5.41, 5.74) is 10.0. The fourth-order valence-corrected chi connectivity index (χ4v) is 9.11. The van der Waals surface area contributed by atoms with Gasteiger partial charge in [0.2, 0.25) is 0 Å². The van der Waals surface area contributed by atoms with Crippen LogP contribution in [-0.4, -0.2) is 11.7 Å². The molecule has 9 aromatic carbocycles. The molecule has 0 bridgehead atoms. The molecule has 0 saturated heterocycles. The molecule has 0 amide bonds. The predicted molar refractivity (Wildman–Crippen MR) is 228 cm³/mol. The molecule has 0 spiro atoms. The van der Waals surface area contributed by atoms with Crippen LogP contribution in [0.4, 0.5) is 0 Å². The van der Waals surface area contributed by atoms with Crippen molar-refractivity contribution in [1.82, 2.24) is 5.32 Å². The molecular formula is C52H35N3. The third-order valence-electron chi connectivity index (χ3n) is 11.6. The van der Waals surface area contributed by atoms with Crippen molar-refractivity contribution in [2.75, 3.05) is 0 Å². The molecule has 2 aliphatic rings. The molecule has 1 aliphatic carbocycles. The van der Waals surface area contributed by atoms with Crippen molar-refractivity contribution >= 4 is 44.0 Å². The fraction of sp³-hybridized carbons (Fsp3) is 0.0385. The van der Waals surface area contributed by atoms with E-state index in [1.807, 2.05) is 0 Å². The first kappa shape index (κ1) is 31.4. The van der Waals surface area contributed by atoms with Gasteiger partial charge in [-0.3, -0.25) is 0 Å². The van der Waals surface area contributed by atoms with Gasteiger partial charge >= 0.3 is 0 Å². The Kier molecular flexibility index (Phi) is 7.14. The summed E-state index contributed by atoms with van der Waals surface area (Å²) in [7, 11) is 0. The van der Waals surface area contributed by atoms with Gasteiger partial charge in [-0.15, -0.1) is 0 Å². The molecule has 1 aliphatic heterocycles. The quantitative estimate of drug-likeness (QED) is 0.191. The average molecular weight is 702 g/mol. The number of aliphatic imine (C=N–C) groups is 2. The highest BCUT2D eigenvalue weighted by Gasteiger charge is 2.48. The normalized spacial score (nSPS) is 14.6. The van der Waals surface area contributed by atoms with Crippen LogP contribution in [0.15, 0.2) is 210 Å². The maximum atomic E-state index is 5.58. The molecule has 3 nitrogen and oxygen atoms in total. The van der Waals surface area contributed by atoms with Crippen LogP contribution in [0.3, 0.4) is 0 Å². The van der Waals surface area contributed by atoms with E-state index in [9.17, 15) is 0 Å². The third kappa shape index (κ3) is 4.90. The Bertz CT molecular complexity index is 2880. The summed E-state index contributed by atoms with van der Waals surface area (Å²) in [5.74, 6) is 1.61. The SMILES string of the molecule is c1ccc(C2(c3ccccc3)c3ccccc3-c3c2cc2ccccc2c3C2N=C(c3ccc4ccccc4c3)NC(c3ccc4ccccc4c3)=N2)cc1. The highest BCUT2D eigenvalue weighted by Crippen LogP contribution is 2.59. The standard InChI is InChI=1S/C52H35N3/c1-3-20-41(21-4-1)52(42-22-5-2-6-23-42)45-26-14-13-25-44(45)47-46(52)33-38-19-11-12-24-43(38)48(47)51-54-49(39-29-27-34-15-7-9-17-36(34)31-39)53-50(55-51)40-30-28-35-16-8-10-18-37(35)32-40/h1-33,51H,(H,53,54,55). The largest absolute Gasteiger partial charge is 0.324 e. The van der Waals surface area contributed by atoms with Crippen LogP contribution in [0.2, 0.25) is 0 Å². The first-order valence-electron chi connectivity index (χ1n) is 18.9. The van der Waals surface area contributed by atoms with Gasteiger partial charge in [0.05, 0.1) is 5.41 Å². The molecule has 0 fully saturated rings. The van der Waals surface area contributed by atoms with Gasteiger partial charge in [-0.2, -0.15) is 0 Å². The van der Waals surface area contributed by atoms with Crippen molar-refractivity contribution in [2.45, 2.75) is 11.6 Å². The van der Waals surface area contributed by atoms with Crippen molar-refractivity contribution in [3.63, 3.8) is 0 Å². The highest BCUT2D eigenvalue weighted by atomic mass is 15.2. The monoisotopic (exact) mass is 701 g/mol. The third-order valence-corrected chi connectivity index (χ3v) is 11.6. The minimum absolute atomic E-state index is 0.528. The Labute approximate surface area is 320 Å². The van der Waals surface area contributed by atoms with E-state index >= 15 is 0 Å². The van der Waals surface area contributed by atoms with Gasteiger partial charge in [0.1, 0.15) is 11.7 Å². The van der Waals surface area contributed by atoms with Crippen molar-refractivity contribution in [3.8, 4) is 11.1 Å². The van der Waals surface area contributed by atoms with Gasteiger partial charge < -0.3 is 5.32 Å². The van der Waals surface area contributed by atoms with Crippen molar-refractivity contribution in [2.24, 2.45) is 9.98 Å². The lowest BCUT2D eigenvalue weighted by atomic mass is 9.67. The van der Waals surface area contributed by atoms with Crippen LogP contribution in [0, 0.1) is 0 Å². The maximum absolute atomic E-state index is 5.58. The second-order valence-electron chi connectivity index (χ2n) is 14.5. The Hall–Kier alpha value is -7.10. The molecule has 0 radical (unpaired) electrons. The second-order valence-corrected chi connectivity index (χ2v) is 14.5. The summed E-state index contributed by atoms with van der Waals surface area (Å²) >= 11 is 0. The number of nitrogens with one attached hydrogen (secondary N) is 1. The van der Waals surface area contributed by atoms with E-state index in [-0.39, 0.29) is 0 Å². The van der Waals surface area contributed by atoms with E-state index in [0.717, 1.165) is 33.7 Å². The number of rotatable bonds is 5. The van der Waals surface area contributed by atoms with E-state index in [0.29, 0.717) is 0 Å². The molecule has 0 saturated carbocycles. The highest BCUT2D eigenvalue weighted by molar-refractivity contribution is 6.17. The maximum Gasteiger partial charge on any atom is 0.170 e. The predicted octanol–water partition coefficient (Wildman–Crippen LogP) is 12.0. The number of hydrogen-bond donors (Lipinski definition) is 1. The molecule has 258 valence electrons. The lowest BCUT2D eigenvalue weighted by Gasteiger charge is -2.34. The Morgan fingerprint density at radius 3 is 1.49 bits per heavy atom. The Morgan fingerprint density at radius 1 is 0.400 bits per heavy atom. The van der Waals surface area contributed by atoms with Crippen molar-refractivity contribution < 1.29 is 0 Å². The van der Waals surface area contributed by atoms with E-state index in [1.165, 1.54) is 60.3 Å². The molecular weight excluding hydrogens is 667 g/mol. The van der Waals surface area contributed by atoms with Gasteiger partial charge in [-0.25, -0.2) is 9.98 Å². The molecule has 11 rings (SSSR count). The van der Waals surface area contributed by atoms with E-state index in [2.05, 4.69) is 206 Å². The Balaban J connectivity index is 1.23. The number of amidine groups is 2. The van der Waals surface area contributed by atoms with Gasteiger partial charge in [0, 0.05) is 16.7 Å². The Morgan fingerprint density at radius 2 is 0.891 bits per heavy atom. The second kappa shape index (κ2) is 12.5. The van der Waals surface area contributed by atoms with Crippen molar-refractivity contribution in [1.29, 1.82) is 0 Å². The van der Waals surface area contributed by atoms with Gasteiger partial charge in [-0.1, -0.05) is 182 Å². The van der Waals surface area contributed by atoms with E-state index in [4.69, 9.17) is 9.98 Å². The number of hydrogen-bond acceptors (Lipinski definition) is 3. The molecule has 0 aromatic heterocycles. The number of fused-ring (bicyclic) bond motifs is 6. The van der Waals surface area contributed by atoms with E-state index in [1.54, 1.807) is 0 Å². The van der Waals surface area contributed by atoms with Gasteiger partial charge in [-0.05, 0) is 83.9 Å². The first-order valence-corrected chi connectivity index (χ1v) is 18.9. The van der Waals surface area contributed by atoms with Crippen molar-refractivity contribution in [3.05, 3.63) is 239 Å². The minimum atomic E-state index is -0.546. The van der Waals surface area contributed by atoms with Gasteiger partial charge in [0.25, 0.3) is 0 Å². The van der Waals surface area contributed by atoms with Crippen LogP contribution in [0.25, 0.3) is 43.4 Å². The lowest BCUT2D eigenvalue weighted by molar-refractivity contribution is 0.752. The summed E-state index contributed by atoms with van der Waals surface area (Å²) < 4.78 is 0. The van der Waals surface area contributed by atoms with Crippen LogP contribution < -0.4 is 5.32 Å². The summed E-state index contributed by atoms with van der Waals surface area (Å²) in [6, 6.07) is 72.4. The zero-order chi connectivity index (χ0) is 36.3. The average Bonchev–Trinajstić information content (AvgIpc) is 3.56. The molecule has 0 unspecified atom stereocenters. The molecule has 55 heavy (non-hydrogen) atoms. The smallest absolute Gasteiger partial charge is 0.170 e. The molecule has 1 heterocycles. The summed E-state index contributed by atoms with van der Waals surface area (Å²) in [6.07, 6.45) is -0.528. The number of nitrogens with zero attached hydrogens (tertiary/aromatic N) is 2. The topological polar surface area (TPSA) is 36.8 Å². The summed E-state index contributed by atoms with van der Waals surface area (Å²) in [4.78, 5) is 11.2. The van der Waals surface area contributed by atoms with Crippen LogP contribution in [0.5, 0.6) is 0 Å². The van der Waals surface area contributed by atoms with E-state index < -0.39 is 11.6 Å². The fourth-order valence-electron chi connectivity index (χ4n) is 9.11. The lowest BCUT2D eigenvalue weighted by Crippen LogP contribution is -2.36. The number of benzene rings is 9. The molecule has 1 N–H and O–H groups in total. The molecule has 0 atom stereocenters. The van der Waals surface area contributed by atoms with Crippen LogP contribution in [0.1, 0.15) is 45.1 Å². The zero-order valence-electron chi connectivity index (χ0n) is 30.0. The molecule has 9 aromatic rings. The minimum Gasteiger partial charge on any atom is -0.324 e. The zero-order valence-corrected chi connectivity index (χ0v) is 30.0. The first-order chi connectivity index (χ1) is 27.3. The summed E-state index contributed by atoms with van der Waals surface area (Å²) in [6.45, 7) is 0. The van der Waals surface area contributed by atoms with Crippen LogP contribution >= 0.6 is 0 Å². The van der Waals surface area contributed by atoms with Gasteiger partial charge in [0.15, 0.2) is 6.17 Å².